The molecule has 0 aromatic heterocycles. The van der Waals surface area contributed by atoms with Gasteiger partial charge in [0.05, 0.1) is 13.2 Å². The smallest absolute Gasteiger partial charge is 0.260 e. The highest BCUT2D eigenvalue weighted by atomic mass is 16.5. The van der Waals surface area contributed by atoms with Gasteiger partial charge < -0.3 is 19.5 Å². The van der Waals surface area contributed by atoms with E-state index in [2.05, 4.69) is 5.32 Å². The fourth-order valence-electron chi connectivity index (χ4n) is 1.66. The second-order valence-corrected chi connectivity index (χ2v) is 5.00. The lowest BCUT2D eigenvalue weighted by molar-refractivity contribution is -0.127. The number of amides is 1. The molecule has 21 heavy (non-hydrogen) atoms. The molecule has 5 heteroatoms. The number of carbonyl (C=O) groups excluding carboxylic acids is 1. The lowest BCUT2D eigenvalue weighted by Gasteiger charge is -2.15. The molecule has 1 aromatic rings. The average Bonchev–Trinajstić information content (AvgIpc) is 2.47. The number of hydrogen-bond acceptors (Lipinski definition) is 4. The third-order valence-corrected chi connectivity index (χ3v) is 2.81. The summed E-state index contributed by atoms with van der Waals surface area (Å²) < 4.78 is 16.0. The van der Waals surface area contributed by atoms with Gasteiger partial charge in [0, 0.05) is 13.2 Å². The third-order valence-electron chi connectivity index (χ3n) is 2.81. The topological polar surface area (TPSA) is 56.8 Å². The van der Waals surface area contributed by atoms with Crippen LogP contribution < -0.4 is 14.8 Å². The van der Waals surface area contributed by atoms with Crippen LogP contribution in [0.15, 0.2) is 24.3 Å². The minimum atomic E-state index is -0.538. The van der Waals surface area contributed by atoms with E-state index >= 15 is 0 Å². The van der Waals surface area contributed by atoms with Crippen LogP contribution in [0.25, 0.3) is 0 Å². The van der Waals surface area contributed by atoms with E-state index in [4.69, 9.17) is 14.2 Å². The highest BCUT2D eigenvalue weighted by molar-refractivity contribution is 5.80. The predicted molar refractivity (Wildman–Crippen MR) is 81.8 cm³/mol. The van der Waals surface area contributed by atoms with Gasteiger partial charge in [0.25, 0.3) is 5.91 Å². The SMILES string of the molecule is COc1ccc(OC(C)C(=O)NCCCOC(C)C)cc1. The first-order chi connectivity index (χ1) is 10.0. The molecule has 1 N–H and O–H groups in total. The molecular weight excluding hydrogens is 270 g/mol. The molecule has 1 amide bonds. The Bertz CT molecular complexity index is 417. The maximum absolute atomic E-state index is 11.9. The summed E-state index contributed by atoms with van der Waals surface area (Å²) in [5.41, 5.74) is 0. The van der Waals surface area contributed by atoms with Crippen LogP contribution in [0.3, 0.4) is 0 Å². The molecule has 1 atom stereocenters. The summed E-state index contributed by atoms with van der Waals surface area (Å²) in [7, 11) is 1.61. The lowest BCUT2D eigenvalue weighted by atomic mass is 10.3. The van der Waals surface area contributed by atoms with Crippen molar-refractivity contribution in [1.82, 2.24) is 5.32 Å². The van der Waals surface area contributed by atoms with Gasteiger partial charge in [0.1, 0.15) is 11.5 Å². The van der Waals surface area contributed by atoms with Crippen LogP contribution in [-0.4, -0.2) is 38.4 Å². The molecule has 1 rings (SSSR count). The third kappa shape index (κ3) is 6.99. The Hall–Kier alpha value is -1.75. The molecular formula is C16H25NO4. The maximum atomic E-state index is 11.9. The highest BCUT2D eigenvalue weighted by Gasteiger charge is 2.13. The molecule has 0 radical (unpaired) electrons. The molecule has 0 heterocycles. The van der Waals surface area contributed by atoms with Crippen molar-refractivity contribution in [1.29, 1.82) is 0 Å². The van der Waals surface area contributed by atoms with Crippen molar-refractivity contribution in [3.63, 3.8) is 0 Å². The minimum absolute atomic E-state index is 0.129. The molecule has 0 aliphatic rings. The minimum Gasteiger partial charge on any atom is -0.497 e. The van der Waals surface area contributed by atoms with Crippen LogP contribution in [0.1, 0.15) is 27.2 Å². The Kier molecular flexibility index (Phi) is 7.61. The molecule has 0 fully saturated rings. The van der Waals surface area contributed by atoms with E-state index in [1.54, 1.807) is 38.3 Å². The second-order valence-electron chi connectivity index (χ2n) is 5.00. The van der Waals surface area contributed by atoms with E-state index in [1.165, 1.54) is 0 Å². The predicted octanol–water partition coefficient (Wildman–Crippen LogP) is 2.39. The molecule has 0 aliphatic carbocycles. The summed E-state index contributed by atoms with van der Waals surface area (Å²) in [5, 5.41) is 2.83. The van der Waals surface area contributed by atoms with E-state index < -0.39 is 6.10 Å². The Morgan fingerprint density at radius 1 is 1.14 bits per heavy atom. The van der Waals surface area contributed by atoms with Crippen LogP contribution in [0.5, 0.6) is 11.5 Å². The Labute approximate surface area is 126 Å². The van der Waals surface area contributed by atoms with E-state index in [0.717, 1.165) is 12.2 Å². The Morgan fingerprint density at radius 3 is 2.33 bits per heavy atom. The normalized spacial score (nSPS) is 12.0. The van der Waals surface area contributed by atoms with Crippen molar-refractivity contribution in [3.8, 4) is 11.5 Å². The van der Waals surface area contributed by atoms with Gasteiger partial charge in [0.2, 0.25) is 0 Å². The van der Waals surface area contributed by atoms with Crippen LogP contribution in [0.2, 0.25) is 0 Å². The van der Waals surface area contributed by atoms with Crippen molar-refractivity contribution in [3.05, 3.63) is 24.3 Å². The molecule has 0 aliphatic heterocycles. The van der Waals surface area contributed by atoms with E-state index in [9.17, 15) is 4.79 Å². The number of nitrogens with one attached hydrogen (secondary N) is 1. The van der Waals surface area contributed by atoms with Crippen molar-refractivity contribution in [2.45, 2.75) is 39.4 Å². The zero-order valence-electron chi connectivity index (χ0n) is 13.2. The Morgan fingerprint density at radius 2 is 1.76 bits per heavy atom. The molecule has 0 saturated heterocycles. The highest BCUT2D eigenvalue weighted by Crippen LogP contribution is 2.18. The van der Waals surface area contributed by atoms with Gasteiger partial charge in [0.15, 0.2) is 6.10 Å². The monoisotopic (exact) mass is 295 g/mol. The first-order valence-electron chi connectivity index (χ1n) is 7.23. The van der Waals surface area contributed by atoms with Gasteiger partial charge in [-0.2, -0.15) is 0 Å². The van der Waals surface area contributed by atoms with Gasteiger partial charge >= 0.3 is 0 Å². The summed E-state index contributed by atoms with van der Waals surface area (Å²) >= 11 is 0. The van der Waals surface area contributed by atoms with E-state index in [0.29, 0.717) is 18.9 Å². The molecule has 1 aromatic carbocycles. The number of rotatable bonds is 9. The van der Waals surface area contributed by atoms with Crippen molar-refractivity contribution in [2.75, 3.05) is 20.3 Å². The van der Waals surface area contributed by atoms with Gasteiger partial charge in [-0.15, -0.1) is 0 Å². The van der Waals surface area contributed by atoms with Gasteiger partial charge in [-0.3, -0.25) is 4.79 Å². The zero-order valence-corrected chi connectivity index (χ0v) is 13.2. The number of carbonyl (C=O) groups is 1. The molecule has 0 bridgehead atoms. The summed E-state index contributed by atoms with van der Waals surface area (Å²) in [5.74, 6) is 1.27. The molecule has 118 valence electrons. The van der Waals surface area contributed by atoms with Crippen molar-refractivity contribution < 1.29 is 19.0 Å². The van der Waals surface area contributed by atoms with Crippen LogP contribution in [0, 0.1) is 0 Å². The number of ether oxygens (including phenoxy) is 3. The van der Waals surface area contributed by atoms with Crippen LogP contribution in [-0.2, 0) is 9.53 Å². The molecule has 0 spiro atoms. The maximum Gasteiger partial charge on any atom is 0.260 e. The first kappa shape index (κ1) is 17.3. The Balaban J connectivity index is 2.26. The fraction of sp³-hybridized carbons (Fsp3) is 0.562. The van der Waals surface area contributed by atoms with Crippen LogP contribution in [0.4, 0.5) is 0 Å². The van der Waals surface area contributed by atoms with E-state index in [-0.39, 0.29) is 12.0 Å². The summed E-state index contributed by atoms with van der Waals surface area (Å²) in [6.07, 6.45) is 0.474. The van der Waals surface area contributed by atoms with Crippen LogP contribution >= 0.6 is 0 Å². The fourth-order valence-corrected chi connectivity index (χ4v) is 1.66. The summed E-state index contributed by atoms with van der Waals surface area (Å²) in [6.45, 7) is 6.93. The van der Waals surface area contributed by atoms with Crippen molar-refractivity contribution in [2.24, 2.45) is 0 Å². The second kappa shape index (κ2) is 9.23. The molecule has 1 unspecified atom stereocenters. The molecule has 0 saturated carbocycles. The van der Waals surface area contributed by atoms with Gasteiger partial charge in [-0.05, 0) is 51.5 Å². The summed E-state index contributed by atoms with van der Waals surface area (Å²) in [4.78, 5) is 11.9. The van der Waals surface area contributed by atoms with Gasteiger partial charge in [-0.1, -0.05) is 0 Å². The van der Waals surface area contributed by atoms with Crippen molar-refractivity contribution >= 4 is 5.91 Å². The molecule has 5 nitrogen and oxygen atoms in total. The standard InChI is InChI=1S/C16H25NO4/c1-12(2)20-11-5-10-17-16(18)13(3)21-15-8-6-14(19-4)7-9-15/h6-9,12-13H,5,10-11H2,1-4H3,(H,17,18). The number of hydrogen-bond donors (Lipinski definition) is 1. The largest absolute Gasteiger partial charge is 0.497 e. The quantitative estimate of drug-likeness (QED) is 0.711. The average molecular weight is 295 g/mol. The lowest BCUT2D eigenvalue weighted by Crippen LogP contribution is -2.37. The van der Waals surface area contributed by atoms with E-state index in [1.807, 2.05) is 13.8 Å². The summed E-state index contributed by atoms with van der Waals surface area (Å²) in [6, 6.07) is 7.14. The first-order valence-corrected chi connectivity index (χ1v) is 7.23. The zero-order chi connectivity index (χ0) is 15.7. The van der Waals surface area contributed by atoms with Gasteiger partial charge in [-0.25, -0.2) is 0 Å². The number of methoxy groups -OCH3 is 1. The number of benzene rings is 1.